The molecule has 1 heterocycles. The number of anilines is 1. The molecule has 0 aliphatic heterocycles. The molecule has 7 heteroatoms. The Morgan fingerprint density at radius 1 is 1.14 bits per heavy atom. The molecule has 0 radical (unpaired) electrons. The normalized spacial score (nSPS) is 12.1. The fraction of sp³-hybridized carbons (Fsp3) is 0.267. The van der Waals surface area contributed by atoms with Gasteiger partial charge in [-0.05, 0) is 39.0 Å². The van der Waals surface area contributed by atoms with E-state index in [2.05, 4.69) is 10.0 Å². The SMILES string of the molecule is CC(C)(C)NS(=O)(=O)c1csc(C(=O)Nc2ccccc2)c1. The lowest BCUT2D eigenvalue weighted by Gasteiger charge is -2.19. The Hall–Kier alpha value is -1.70. The second-order valence-corrected chi connectivity index (χ2v) is 8.42. The highest BCUT2D eigenvalue weighted by Crippen LogP contribution is 2.21. The van der Waals surface area contributed by atoms with Crippen molar-refractivity contribution in [1.82, 2.24) is 4.72 Å². The molecule has 22 heavy (non-hydrogen) atoms. The zero-order valence-corrected chi connectivity index (χ0v) is 14.2. The molecule has 2 aromatic rings. The van der Waals surface area contributed by atoms with E-state index in [0.717, 1.165) is 11.3 Å². The van der Waals surface area contributed by atoms with Crippen molar-refractivity contribution < 1.29 is 13.2 Å². The fourth-order valence-electron chi connectivity index (χ4n) is 1.75. The Labute approximate surface area is 134 Å². The van der Waals surface area contributed by atoms with E-state index in [0.29, 0.717) is 10.6 Å². The summed E-state index contributed by atoms with van der Waals surface area (Å²) in [5.41, 5.74) is 0.0888. The van der Waals surface area contributed by atoms with Gasteiger partial charge >= 0.3 is 0 Å². The first kappa shape index (κ1) is 16.7. The Kier molecular flexibility index (Phi) is 4.69. The van der Waals surface area contributed by atoms with Crippen molar-refractivity contribution in [3.8, 4) is 0 Å². The summed E-state index contributed by atoms with van der Waals surface area (Å²) in [6.45, 7) is 5.29. The van der Waals surface area contributed by atoms with Crippen LogP contribution >= 0.6 is 11.3 Å². The molecule has 0 aliphatic carbocycles. The number of carbonyl (C=O) groups excluding carboxylic acids is 1. The summed E-state index contributed by atoms with van der Waals surface area (Å²) < 4.78 is 27.0. The van der Waals surface area contributed by atoms with Crippen molar-refractivity contribution in [2.24, 2.45) is 0 Å². The van der Waals surface area contributed by atoms with Gasteiger partial charge in [-0.15, -0.1) is 11.3 Å². The average molecular weight is 338 g/mol. The van der Waals surface area contributed by atoms with Crippen molar-refractivity contribution in [3.05, 3.63) is 46.7 Å². The minimum absolute atomic E-state index is 0.102. The highest BCUT2D eigenvalue weighted by molar-refractivity contribution is 7.89. The van der Waals surface area contributed by atoms with E-state index in [1.54, 1.807) is 32.9 Å². The van der Waals surface area contributed by atoms with Crippen LogP contribution < -0.4 is 10.0 Å². The van der Waals surface area contributed by atoms with Gasteiger partial charge in [0.1, 0.15) is 0 Å². The van der Waals surface area contributed by atoms with Crippen molar-refractivity contribution in [2.75, 3.05) is 5.32 Å². The third-order valence-electron chi connectivity index (χ3n) is 2.58. The highest BCUT2D eigenvalue weighted by Gasteiger charge is 2.24. The van der Waals surface area contributed by atoms with Crippen LogP contribution in [0.3, 0.4) is 0 Å². The number of hydrogen-bond donors (Lipinski definition) is 2. The first-order valence-electron chi connectivity index (χ1n) is 6.66. The predicted molar refractivity (Wildman–Crippen MR) is 88.8 cm³/mol. The Morgan fingerprint density at radius 2 is 1.77 bits per heavy atom. The van der Waals surface area contributed by atoms with Crippen LogP contribution in [0.25, 0.3) is 0 Å². The second-order valence-electron chi connectivity index (χ2n) is 5.82. The van der Waals surface area contributed by atoms with Crippen LogP contribution in [0.5, 0.6) is 0 Å². The number of rotatable bonds is 4. The Balaban J connectivity index is 2.16. The summed E-state index contributed by atoms with van der Waals surface area (Å²) in [7, 11) is -3.62. The average Bonchev–Trinajstić information content (AvgIpc) is 2.87. The Bertz CT molecular complexity index is 760. The van der Waals surface area contributed by atoms with Gasteiger partial charge in [0.05, 0.1) is 9.77 Å². The molecule has 0 unspecified atom stereocenters. The lowest BCUT2D eigenvalue weighted by molar-refractivity contribution is 0.103. The third kappa shape index (κ3) is 4.40. The molecule has 5 nitrogen and oxygen atoms in total. The fourth-order valence-corrected chi connectivity index (χ4v) is 4.34. The van der Waals surface area contributed by atoms with Crippen LogP contribution in [0, 0.1) is 0 Å². The molecule has 2 rings (SSSR count). The van der Waals surface area contributed by atoms with Gasteiger partial charge in [0.15, 0.2) is 0 Å². The molecule has 0 saturated heterocycles. The molecule has 0 bridgehead atoms. The Morgan fingerprint density at radius 3 is 2.36 bits per heavy atom. The molecule has 1 aromatic carbocycles. The van der Waals surface area contributed by atoms with Gasteiger partial charge in [0.25, 0.3) is 5.91 Å². The third-order valence-corrected chi connectivity index (χ3v) is 5.40. The van der Waals surface area contributed by atoms with Crippen LogP contribution in [-0.2, 0) is 10.0 Å². The van der Waals surface area contributed by atoms with E-state index >= 15 is 0 Å². The number of benzene rings is 1. The number of carbonyl (C=O) groups is 1. The summed E-state index contributed by atoms with van der Waals surface area (Å²) in [5, 5.41) is 4.19. The first-order chi connectivity index (χ1) is 10.2. The molecular formula is C15H18N2O3S2. The number of hydrogen-bond acceptors (Lipinski definition) is 4. The van der Waals surface area contributed by atoms with Crippen molar-refractivity contribution in [3.63, 3.8) is 0 Å². The van der Waals surface area contributed by atoms with Crippen LogP contribution in [0.15, 0.2) is 46.7 Å². The first-order valence-corrected chi connectivity index (χ1v) is 9.03. The van der Waals surface area contributed by atoms with Crippen molar-refractivity contribution in [1.29, 1.82) is 0 Å². The van der Waals surface area contributed by atoms with Crippen molar-refractivity contribution in [2.45, 2.75) is 31.2 Å². The molecule has 2 N–H and O–H groups in total. The monoisotopic (exact) mass is 338 g/mol. The van der Waals surface area contributed by atoms with Crippen LogP contribution in [0.1, 0.15) is 30.4 Å². The van der Waals surface area contributed by atoms with E-state index in [1.165, 1.54) is 11.4 Å². The number of nitrogens with one attached hydrogen (secondary N) is 2. The van der Waals surface area contributed by atoms with Crippen LogP contribution in [-0.4, -0.2) is 19.9 Å². The zero-order chi connectivity index (χ0) is 16.4. The minimum Gasteiger partial charge on any atom is -0.321 e. The summed E-state index contributed by atoms with van der Waals surface area (Å²) in [6, 6.07) is 10.4. The maximum atomic E-state index is 12.2. The highest BCUT2D eigenvalue weighted by atomic mass is 32.2. The topological polar surface area (TPSA) is 75.3 Å². The van der Waals surface area contributed by atoms with E-state index in [9.17, 15) is 13.2 Å². The quantitative estimate of drug-likeness (QED) is 0.899. The van der Waals surface area contributed by atoms with E-state index in [1.807, 2.05) is 18.2 Å². The summed E-state index contributed by atoms with van der Waals surface area (Å²) in [5.74, 6) is -0.326. The molecule has 0 fully saturated rings. The van der Waals surface area contributed by atoms with Crippen LogP contribution in [0.4, 0.5) is 5.69 Å². The largest absolute Gasteiger partial charge is 0.321 e. The van der Waals surface area contributed by atoms with Gasteiger partial charge < -0.3 is 5.32 Å². The van der Waals surface area contributed by atoms with Gasteiger partial charge in [-0.25, -0.2) is 13.1 Å². The molecule has 0 saturated carbocycles. The predicted octanol–water partition coefficient (Wildman–Crippen LogP) is 3.08. The number of sulfonamides is 1. The summed E-state index contributed by atoms with van der Waals surface area (Å²) in [4.78, 5) is 12.6. The van der Waals surface area contributed by atoms with Gasteiger partial charge in [0.2, 0.25) is 10.0 Å². The van der Waals surface area contributed by atoms with Gasteiger partial charge in [-0.2, -0.15) is 0 Å². The number of para-hydroxylation sites is 1. The van der Waals surface area contributed by atoms with Gasteiger partial charge in [-0.1, -0.05) is 18.2 Å². The lowest BCUT2D eigenvalue weighted by atomic mass is 10.1. The summed E-state index contributed by atoms with van der Waals surface area (Å²) in [6.07, 6.45) is 0. The maximum absolute atomic E-state index is 12.2. The maximum Gasteiger partial charge on any atom is 0.265 e. The zero-order valence-electron chi connectivity index (χ0n) is 12.6. The minimum atomic E-state index is -3.62. The smallest absolute Gasteiger partial charge is 0.265 e. The van der Waals surface area contributed by atoms with Crippen molar-refractivity contribution >= 4 is 33.0 Å². The van der Waals surface area contributed by atoms with Crippen LogP contribution in [0.2, 0.25) is 0 Å². The molecule has 0 atom stereocenters. The molecule has 1 amide bonds. The van der Waals surface area contributed by atoms with Gasteiger partial charge in [-0.3, -0.25) is 4.79 Å². The molecule has 1 aromatic heterocycles. The standard InChI is InChI=1S/C15H18N2O3S2/c1-15(2,3)17-22(19,20)12-9-13(21-10-12)14(18)16-11-7-5-4-6-8-11/h4-10,17H,1-3H3,(H,16,18). The molecular weight excluding hydrogens is 320 g/mol. The van der Waals surface area contributed by atoms with E-state index < -0.39 is 15.6 Å². The van der Waals surface area contributed by atoms with E-state index in [4.69, 9.17) is 0 Å². The summed E-state index contributed by atoms with van der Waals surface area (Å²) >= 11 is 1.10. The van der Waals surface area contributed by atoms with Gasteiger partial charge in [0, 0.05) is 16.6 Å². The lowest BCUT2D eigenvalue weighted by Crippen LogP contribution is -2.40. The number of amides is 1. The molecule has 0 aliphatic rings. The van der Waals surface area contributed by atoms with E-state index in [-0.39, 0.29) is 10.8 Å². The molecule has 0 spiro atoms. The molecule has 118 valence electrons. The second kappa shape index (κ2) is 6.20. The number of thiophene rings is 1.